The minimum Gasteiger partial charge on any atom is -0.494 e. The first-order chi connectivity index (χ1) is 13.2. The molecule has 4 rings (SSSR count). The number of hydrogen-bond donors (Lipinski definition) is 1. The van der Waals surface area contributed by atoms with Crippen molar-refractivity contribution in [3.8, 4) is 11.5 Å². The fourth-order valence-corrected chi connectivity index (χ4v) is 4.20. The summed E-state index contributed by atoms with van der Waals surface area (Å²) in [5.74, 6) is 2.77. The Balaban J connectivity index is 1.68. The Morgan fingerprint density at radius 1 is 1.15 bits per heavy atom. The average molecular weight is 361 g/mol. The summed E-state index contributed by atoms with van der Waals surface area (Å²) in [4.78, 5) is 0. The molecule has 2 aromatic rings. The summed E-state index contributed by atoms with van der Waals surface area (Å²) in [6.45, 7) is 9.17. The van der Waals surface area contributed by atoms with Gasteiger partial charge in [0.15, 0.2) is 0 Å². The number of anilines is 1. The van der Waals surface area contributed by atoms with Gasteiger partial charge in [0.2, 0.25) is 0 Å². The number of hydrogen-bond acceptors (Lipinski definition) is 3. The van der Waals surface area contributed by atoms with Gasteiger partial charge in [-0.3, -0.25) is 0 Å². The molecule has 3 unspecified atom stereocenters. The van der Waals surface area contributed by atoms with Crippen LogP contribution in [-0.4, -0.2) is 13.2 Å². The third-order valence-electron chi connectivity index (χ3n) is 5.37. The highest BCUT2D eigenvalue weighted by atomic mass is 16.5. The minimum absolute atomic E-state index is 0.238. The molecule has 0 fully saturated rings. The Labute approximate surface area is 161 Å². The van der Waals surface area contributed by atoms with Gasteiger partial charge in [-0.05, 0) is 61.6 Å². The monoisotopic (exact) mass is 361 g/mol. The van der Waals surface area contributed by atoms with Crippen molar-refractivity contribution < 1.29 is 9.47 Å². The number of ether oxygens (including phenoxy) is 2. The van der Waals surface area contributed by atoms with Crippen LogP contribution < -0.4 is 14.8 Å². The summed E-state index contributed by atoms with van der Waals surface area (Å²) >= 11 is 0. The number of para-hydroxylation sites is 1. The molecule has 140 valence electrons. The second kappa shape index (κ2) is 7.51. The Morgan fingerprint density at radius 3 is 2.81 bits per heavy atom. The molecule has 0 saturated carbocycles. The number of fused-ring (bicyclic) bond motifs is 3. The zero-order valence-corrected chi connectivity index (χ0v) is 16.1. The van der Waals surface area contributed by atoms with E-state index in [-0.39, 0.29) is 6.04 Å². The van der Waals surface area contributed by atoms with Gasteiger partial charge >= 0.3 is 0 Å². The summed E-state index contributed by atoms with van der Waals surface area (Å²) < 4.78 is 11.8. The van der Waals surface area contributed by atoms with E-state index in [0.717, 1.165) is 23.5 Å². The van der Waals surface area contributed by atoms with E-state index in [9.17, 15) is 0 Å². The van der Waals surface area contributed by atoms with Crippen molar-refractivity contribution in [2.75, 3.05) is 18.5 Å². The van der Waals surface area contributed by atoms with Crippen LogP contribution >= 0.6 is 0 Å². The normalized spacial score (nSPS) is 22.5. The number of nitrogens with one attached hydrogen (secondary N) is 1. The molecule has 0 radical (unpaired) electrons. The Hall–Kier alpha value is -2.68. The number of allylic oxidation sites excluding steroid dienone is 2. The maximum atomic E-state index is 5.91. The molecule has 3 nitrogen and oxygen atoms in total. The summed E-state index contributed by atoms with van der Waals surface area (Å²) in [6, 6.07) is 15.0. The lowest BCUT2D eigenvalue weighted by atomic mass is 9.77. The molecule has 1 N–H and O–H groups in total. The van der Waals surface area contributed by atoms with E-state index in [2.05, 4.69) is 54.4 Å². The predicted octanol–water partition coefficient (Wildman–Crippen LogP) is 5.87. The molecule has 27 heavy (non-hydrogen) atoms. The molecular formula is C24H27NO2. The van der Waals surface area contributed by atoms with Gasteiger partial charge in [0.05, 0.1) is 12.6 Å². The Morgan fingerprint density at radius 2 is 2.00 bits per heavy atom. The van der Waals surface area contributed by atoms with Gasteiger partial charge in [-0.25, -0.2) is 0 Å². The number of rotatable bonds is 6. The molecule has 2 aliphatic rings. The van der Waals surface area contributed by atoms with Crippen molar-refractivity contribution in [2.45, 2.75) is 32.2 Å². The summed E-state index contributed by atoms with van der Waals surface area (Å²) in [7, 11) is 0. The van der Waals surface area contributed by atoms with Gasteiger partial charge in [0.1, 0.15) is 18.1 Å². The first kappa shape index (κ1) is 17.7. The summed E-state index contributed by atoms with van der Waals surface area (Å²) in [5.41, 5.74) is 4.77. The lowest BCUT2D eigenvalue weighted by Gasteiger charge is -2.38. The second-order valence-electron chi connectivity index (χ2n) is 7.44. The Bertz CT molecular complexity index is 870. The lowest BCUT2D eigenvalue weighted by molar-refractivity contribution is 0.326. The fourth-order valence-electron chi connectivity index (χ4n) is 4.20. The van der Waals surface area contributed by atoms with Crippen LogP contribution in [0.3, 0.4) is 0 Å². The van der Waals surface area contributed by atoms with Gasteiger partial charge in [0.25, 0.3) is 0 Å². The van der Waals surface area contributed by atoms with Gasteiger partial charge in [-0.15, -0.1) is 0 Å². The van der Waals surface area contributed by atoms with Crippen molar-refractivity contribution in [3.63, 3.8) is 0 Å². The zero-order valence-electron chi connectivity index (χ0n) is 16.1. The maximum Gasteiger partial charge on any atom is 0.124 e. The van der Waals surface area contributed by atoms with Crippen LogP contribution in [0.5, 0.6) is 11.5 Å². The topological polar surface area (TPSA) is 30.5 Å². The van der Waals surface area contributed by atoms with E-state index < -0.39 is 0 Å². The molecule has 0 saturated heterocycles. The first-order valence-electron chi connectivity index (χ1n) is 9.73. The third kappa shape index (κ3) is 3.46. The second-order valence-corrected chi connectivity index (χ2v) is 7.44. The van der Waals surface area contributed by atoms with E-state index in [0.29, 0.717) is 25.0 Å². The maximum absolute atomic E-state index is 5.91. The van der Waals surface area contributed by atoms with E-state index in [1.54, 1.807) is 0 Å². The number of benzene rings is 2. The van der Waals surface area contributed by atoms with Crippen LogP contribution in [0.15, 0.2) is 66.8 Å². The van der Waals surface area contributed by atoms with Gasteiger partial charge in [0, 0.05) is 17.2 Å². The van der Waals surface area contributed by atoms with Crippen molar-refractivity contribution in [1.82, 2.24) is 0 Å². The van der Waals surface area contributed by atoms with Gasteiger partial charge in [-0.2, -0.15) is 0 Å². The van der Waals surface area contributed by atoms with Crippen molar-refractivity contribution in [3.05, 3.63) is 77.9 Å². The van der Waals surface area contributed by atoms with Crippen molar-refractivity contribution >= 4 is 5.69 Å². The van der Waals surface area contributed by atoms with E-state index >= 15 is 0 Å². The molecule has 3 heteroatoms. The highest BCUT2D eigenvalue weighted by Crippen LogP contribution is 2.51. The highest BCUT2D eigenvalue weighted by Gasteiger charge is 2.39. The van der Waals surface area contributed by atoms with E-state index in [1.807, 2.05) is 26.0 Å². The Kier molecular flexibility index (Phi) is 4.93. The highest BCUT2D eigenvalue weighted by molar-refractivity contribution is 5.62. The molecule has 0 aromatic heterocycles. The summed E-state index contributed by atoms with van der Waals surface area (Å²) in [6.07, 6.45) is 5.73. The molecule has 1 aliphatic heterocycles. The van der Waals surface area contributed by atoms with E-state index in [4.69, 9.17) is 9.47 Å². The van der Waals surface area contributed by atoms with Gasteiger partial charge in [-0.1, -0.05) is 36.9 Å². The first-order valence-corrected chi connectivity index (χ1v) is 9.73. The zero-order chi connectivity index (χ0) is 18.8. The SMILES string of the molecule is C=C(C)COc1ccc2c(c1)C1C=CCC1C(c1ccccc1OCC)N2. The lowest BCUT2D eigenvalue weighted by Crippen LogP contribution is -2.29. The van der Waals surface area contributed by atoms with Crippen LogP contribution in [0.25, 0.3) is 0 Å². The fraction of sp³-hybridized carbons (Fsp3) is 0.333. The molecular weight excluding hydrogens is 334 g/mol. The molecule has 2 aromatic carbocycles. The third-order valence-corrected chi connectivity index (χ3v) is 5.37. The van der Waals surface area contributed by atoms with Crippen LogP contribution in [0.2, 0.25) is 0 Å². The predicted molar refractivity (Wildman–Crippen MR) is 111 cm³/mol. The van der Waals surface area contributed by atoms with Crippen LogP contribution in [0.4, 0.5) is 5.69 Å². The van der Waals surface area contributed by atoms with Crippen molar-refractivity contribution in [2.24, 2.45) is 5.92 Å². The molecule has 1 aliphatic carbocycles. The van der Waals surface area contributed by atoms with E-state index in [1.165, 1.54) is 16.8 Å². The standard InChI is InChI=1S/C24H27NO2/c1-4-26-23-11-6-5-8-20(23)24-19-10-7-9-18(19)21-14-17(27-15-16(2)3)12-13-22(21)25-24/h5-9,11-14,18-19,24-25H,2,4,10,15H2,1,3H3. The smallest absolute Gasteiger partial charge is 0.124 e. The van der Waals surface area contributed by atoms with Crippen LogP contribution in [0.1, 0.15) is 43.4 Å². The van der Waals surface area contributed by atoms with Gasteiger partial charge < -0.3 is 14.8 Å². The summed E-state index contributed by atoms with van der Waals surface area (Å²) in [5, 5.41) is 3.78. The van der Waals surface area contributed by atoms with Crippen molar-refractivity contribution in [1.29, 1.82) is 0 Å². The molecule has 0 amide bonds. The molecule has 0 spiro atoms. The molecule has 3 atom stereocenters. The quantitative estimate of drug-likeness (QED) is 0.653. The van der Waals surface area contributed by atoms with Crippen LogP contribution in [-0.2, 0) is 0 Å². The minimum atomic E-state index is 0.238. The molecule has 0 bridgehead atoms. The average Bonchev–Trinajstić information content (AvgIpc) is 3.17. The largest absolute Gasteiger partial charge is 0.494 e. The molecule has 1 heterocycles. The van der Waals surface area contributed by atoms with Crippen LogP contribution in [0, 0.1) is 5.92 Å².